The number of para-hydroxylation sites is 1. The minimum absolute atomic E-state index is 0.181. The molecule has 3 heterocycles. The molecule has 2 aromatic heterocycles. The average Bonchev–Trinajstić information content (AvgIpc) is 3.19. The summed E-state index contributed by atoms with van der Waals surface area (Å²) in [4.78, 5) is 26.7. The summed E-state index contributed by atoms with van der Waals surface area (Å²) >= 11 is 0. The van der Waals surface area contributed by atoms with Crippen LogP contribution in [-0.2, 0) is 6.42 Å². The van der Waals surface area contributed by atoms with Gasteiger partial charge in [0, 0.05) is 31.9 Å². The fourth-order valence-electron chi connectivity index (χ4n) is 3.28. The molecule has 3 aromatic rings. The fourth-order valence-corrected chi connectivity index (χ4v) is 3.28. The molecule has 0 saturated carbocycles. The molecule has 0 aliphatic carbocycles. The summed E-state index contributed by atoms with van der Waals surface area (Å²) in [5.74, 6) is 0.636. The van der Waals surface area contributed by atoms with E-state index in [1.54, 1.807) is 41.7 Å². The van der Waals surface area contributed by atoms with E-state index >= 15 is 0 Å². The number of carbonyl (C=O) groups excluding carboxylic acids is 1. The molecule has 1 aliphatic rings. The number of anilines is 1. The summed E-state index contributed by atoms with van der Waals surface area (Å²) in [5, 5.41) is 6.58. The Morgan fingerprint density at radius 3 is 3.04 bits per heavy atom. The molecule has 0 radical (unpaired) electrons. The number of hydrogen-bond acceptors (Lipinski definition) is 6. The molecule has 4 rings (SSSR count). The van der Waals surface area contributed by atoms with Crippen LogP contribution in [0.1, 0.15) is 18.7 Å². The zero-order valence-corrected chi connectivity index (χ0v) is 15.1. The van der Waals surface area contributed by atoms with Crippen LogP contribution in [0.15, 0.2) is 47.4 Å². The van der Waals surface area contributed by atoms with Crippen molar-refractivity contribution in [1.29, 1.82) is 0 Å². The molecule has 1 unspecified atom stereocenters. The quantitative estimate of drug-likeness (QED) is 0.744. The minimum Gasteiger partial charge on any atom is -0.339 e. The number of likely N-dealkylation sites (tertiary alicyclic amines) is 1. The predicted octanol–water partition coefficient (Wildman–Crippen LogP) is 3.15. The highest BCUT2D eigenvalue weighted by Crippen LogP contribution is 2.22. The van der Waals surface area contributed by atoms with E-state index in [2.05, 4.69) is 25.4 Å². The second-order valence-corrected chi connectivity index (χ2v) is 6.67. The van der Waals surface area contributed by atoms with Gasteiger partial charge in [0.1, 0.15) is 11.5 Å². The molecule has 1 atom stereocenters. The van der Waals surface area contributed by atoms with Crippen molar-refractivity contribution in [2.24, 2.45) is 5.92 Å². The summed E-state index contributed by atoms with van der Waals surface area (Å²) in [5.41, 5.74) is 0.729. The number of carbonyl (C=O) groups is 1. The Kier molecular flexibility index (Phi) is 5.22. The number of urea groups is 1. The van der Waals surface area contributed by atoms with Gasteiger partial charge in [-0.2, -0.15) is 4.98 Å². The van der Waals surface area contributed by atoms with E-state index in [0.29, 0.717) is 36.9 Å². The van der Waals surface area contributed by atoms with Crippen molar-refractivity contribution in [3.8, 4) is 11.5 Å². The second-order valence-electron chi connectivity index (χ2n) is 6.67. The Labute approximate surface area is 160 Å². The molecule has 144 valence electrons. The van der Waals surface area contributed by atoms with Gasteiger partial charge in [0.2, 0.25) is 11.7 Å². The van der Waals surface area contributed by atoms with E-state index < -0.39 is 5.82 Å². The number of hydrogen-bond donors (Lipinski definition) is 1. The van der Waals surface area contributed by atoms with Crippen molar-refractivity contribution in [2.75, 3.05) is 18.4 Å². The maximum atomic E-state index is 13.8. The first-order valence-corrected chi connectivity index (χ1v) is 9.08. The summed E-state index contributed by atoms with van der Waals surface area (Å²) in [6, 6.07) is 5.82. The van der Waals surface area contributed by atoms with E-state index in [9.17, 15) is 9.18 Å². The summed E-state index contributed by atoms with van der Waals surface area (Å²) in [7, 11) is 0. The Hall–Kier alpha value is -3.36. The van der Waals surface area contributed by atoms with Gasteiger partial charge in [0.15, 0.2) is 0 Å². The molecule has 1 fully saturated rings. The topological polar surface area (TPSA) is 97.0 Å². The number of benzene rings is 1. The highest BCUT2D eigenvalue weighted by molar-refractivity contribution is 5.89. The normalized spacial score (nSPS) is 16.8. The Bertz CT molecular complexity index is 948. The number of rotatable bonds is 4. The van der Waals surface area contributed by atoms with Crippen LogP contribution in [0, 0.1) is 11.7 Å². The van der Waals surface area contributed by atoms with Crippen molar-refractivity contribution in [1.82, 2.24) is 25.0 Å². The lowest BCUT2D eigenvalue weighted by atomic mass is 9.95. The van der Waals surface area contributed by atoms with E-state index in [1.165, 1.54) is 6.07 Å². The van der Waals surface area contributed by atoms with Gasteiger partial charge in [-0.15, -0.1) is 0 Å². The van der Waals surface area contributed by atoms with Crippen molar-refractivity contribution in [3.05, 3.63) is 54.6 Å². The van der Waals surface area contributed by atoms with E-state index in [0.717, 1.165) is 12.8 Å². The monoisotopic (exact) mass is 382 g/mol. The molecule has 0 spiro atoms. The van der Waals surface area contributed by atoms with Gasteiger partial charge in [-0.3, -0.25) is 4.98 Å². The first kappa shape index (κ1) is 18.0. The van der Waals surface area contributed by atoms with E-state index in [4.69, 9.17) is 4.52 Å². The lowest BCUT2D eigenvalue weighted by molar-refractivity contribution is 0.173. The summed E-state index contributed by atoms with van der Waals surface area (Å²) in [6.07, 6.45) is 7.10. The lowest BCUT2D eigenvalue weighted by Gasteiger charge is -2.32. The third-order valence-electron chi connectivity index (χ3n) is 4.65. The van der Waals surface area contributed by atoms with Gasteiger partial charge in [0.25, 0.3) is 0 Å². The van der Waals surface area contributed by atoms with E-state index in [1.807, 2.05) is 0 Å². The highest BCUT2D eigenvalue weighted by atomic mass is 19.1. The Morgan fingerprint density at radius 2 is 2.21 bits per heavy atom. The van der Waals surface area contributed by atoms with Crippen molar-refractivity contribution in [3.63, 3.8) is 0 Å². The first-order chi connectivity index (χ1) is 13.7. The van der Waals surface area contributed by atoms with Crippen LogP contribution in [0.5, 0.6) is 0 Å². The zero-order chi connectivity index (χ0) is 19.3. The van der Waals surface area contributed by atoms with Crippen LogP contribution in [0.25, 0.3) is 11.5 Å². The highest BCUT2D eigenvalue weighted by Gasteiger charge is 2.26. The van der Waals surface area contributed by atoms with Crippen LogP contribution in [0.2, 0.25) is 0 Å². The third kappa shape index (κ3) is 4.13. The number of piperidine rings is 1. The minimum atomic E-state index is -0.452. The van der Waals surface area contributed by atoms with Crippen LogP contribution in [0.4, 0.5) is 14.9 Å². The average molecular weight is 382 g/mol. The lowest BCUT2D eigenvalue weighted by Crippen LogP contribution is -2.43. The molecule has 9 heteroatoms. The largest absolute Gasteiger partial charge is 0.339 e. The van der Waals surface area contributed by atoms with Crippen LogP contribution < -0.4 is 5.32 Å². The molecule has 2 amide bonds. The summed E-state index contributed by atoms with van der Waals surface area (Å²) in [6.45, 7) is 1.18. The predicted molar refractivity (Wildman–Crippen MR) is 98.7 cm³/mol. The molecule has 1 aromatic carbocycles. The van der Waals surface area contributed by atoms with Gasteiger partial charge >= 0.3 is 6.03 Å². The number of amides is 2. The maximum Gasteiger partial charge on any atom is 0.321 e. The molecular weight excluding hydrogens is 363 g/mol. The number of halogens is 1. The van der Waals surface area contributed by atoms with Crippen LogP contribution in [0.3, 0.4) is 0 Å². The van der Waals surface area contributed by atoms with Crippen molar-refractivity contribution in [2.45, 2.75) is 19.3 Å². The Morgan fingerprint density at radius 1 is 1.32 bits per heavy atom. The number of nitrogens with one attached hydrogen (secondary N) is 1. The number of nitrogens with zero attached hydrogens (tertiary/aromatic N) is 5. The molecular formula is C19H19FN6O2. The van der Waals surface area contributed by atoms with Gasteiger partial charge in [-0.05, 0) is 30.9 Å². The number of aromatic nitrogens is 4. The van der Waals surface area contributed by atoms with Crippen LogP contribution in [-0.4, -0.2) is 44.1 Å². The smallest absolute Gasteiger partial charge is 0.321 e. The molecule has 0 bridgehead atoms. The van der Waals surface area contributed by atoms with E-state index in [-0.39, 0.29) is 17.6 Å². The van der Waals surface area contributed by atoms with Crippen molar-refractivity contribution < 1.29 is 13.7 Å². The first-order valence-electron chi connectivity index (χ1n) is 9.08. The third-order valence-corrected chi connectivity index (χ3v) is 4.65. The van der Waals surface area contributed by atoms with Gasteiger partial charge in [-0.25, -0.2) is 14.2 Å². The fraction of sp³-hybridized carbons (Fsp3) is 0.316. The SMILES string of the molecule is O=C(Nc1ccccc1F)N1CCCC(Cc2nc(-c3cnccn3)no2)C1. The maximum absolute atomic E-state index is 13.8. The van der Waals surface area contributed by atoms with Crippen LogP contribution >= 0.6 is 0 Å². The van der Waals surface area contributed by atoms with Gasteiger partial charge in [-0.1, -0.05) is 17.3 Å². The standard InChI is InChI=1S/C19H19FN6O2/c20-14-5-1-2-6-15(14)23-19(27)26-9-3-4-13(12-26)10-17-24-18(25-28-17)16-11-21-7-8-22-16/h1-2,5-8,11,13H,3-4,9-10,12H2,(H,23,27). The molecule has 1 saturated heterocycles. The van der Waals surface area contributed by atoms with Gasteiger partial charge in [0.05, 0.1) is 11.9 Å². The zero-order valence-electron chi connectivity index (χ0n) is 15.1. The molecule has 8 nitrogen and oxygen atoms in total. The summed E-state index contributed by atoms with van der Waals surface area (Å²) < 4.78 is 19.1. The molecule has 1 N–H and O–H groups in total. The molecule has 28 heavy (non-hydrogen) atoms. The second kappa shape index (κ2) is 8.12. The molecule has 1 aliphatic heterocycles. The Balaban J connectivity index is 1.37. The van der Waals surface area contributed by atoms with Crippen molar-refractivity contribution >= 4 is 11.7 Å². The van der Waals surface area contributed by atoms with Gasteiger partial charge < -0.3 is 14.7 Å².